The predicted molar refractivity (Wildman–Crippen MR) is 92.2 cm³/mol. The zero-order chi connectivity index (χ0) is 17.1. The third kappa shape index (κ3) is 3.31. The van der Waals surface area contributed by atoms with E-state index in [4.69, 9.17) is 0 Å². The minimum Gasteiger partial charge on any atom is -0.338 e. The standard InChI is InChI=1S/C18H20N6O/c25-18(16-5-1-2-6-17(16)24-14-20-12-21-24)23-8-3-4-15(11-23)10-22-9-7-19-13-22/h1-2,5-7,9,12-15H,3-4,8,10-11H2/t15-/m1/s1. The van der Waals surface area contributed by atoms with E-state index in [2.05, 4.69) is 19.6 Å². The molecule has 3 heterocycles. The highest BCUT2D eigenvalue weighted by molar-refractivity contribution is 5.97. The van der Waals surface area contributed by atoms with Crippen LogP contribution in [0, 0.1) is 5.92 Å². The van der Waals surface area contributed by atoms with Crippen LogP contribution in [0.3, 0.4) is 0 Å². The molecule has 25 heavy (non-hydrogen) atoms. The van der Waals surface area contributed by atoms with Crippen LogP contribution < -0.4 is 0 Å². The number of benzene rings is 1. The van der Waals surface area contributed by atoms with Gasteiger partial charge in [0.2, 0.25) is 0 Å². The monoisotopic (exact) mass is 336 g/mol. The van der Waals surface area contributed by atoms with Gasteiger partial charge in [-0.1, -0.05) is 12.1 Å². The van der Waals surface area contributed by atoms with Crippen molar-refractivity contribution in [3.63, 3.8) is 0 Å². The highest BCUT2D eigenvalue weighted by Gasteiger charge is 2.26. The molecule has 0 radical (unpaired) electrons. The lowest BCUT2D eigenvalue weighted by Gasteiger charge is -2.33. The Labute approximate surface area is 145 Å². The van der Waals surface area contributed by atoms with E-state index < -0.39 is 0 Å². The molecule has 0 N–H and O–H groups in total. The van der Waals surface area contributed by atoms with Crippen LogP contribution in [0.25, 0.3) is 5.69 Å². The molecule has 0 saturated carbocycles. The SMILES string of the molecule is O=C(c1ccccc1-n1cncn1)N1CCC[C@H](Cn2ccnc2)C1. The van der Waals surface area contributed by atoms with Crippen LogP contribution in [0.15, 0.2) is 55.6 Å². The number of hydrogen-bond donors (Lipinski definition) is 0. The van der Waals surface area contributed by atoms with E-state index in [0.29, 0.717) is 11.5 Å². The lowest BCUT2D eigenvalue weighted by Crippen LogP contribution is -2.41. The van der Waals surface area contributed by atoms with Crippen LogP contribution in [0.2, 0.25) is 0 Å². The largest absolute Gasteiger partial charge is 0.338 e. The molecule has 1 atom stereocenters. The van der Waals surface area contributed by atoms with E-state index >= 15 is 0 Å². The lowest BCUT2D eigenvalue weighted by molar-refractivity contribution is 0.0662. The van der Waals surface area contributed by atoms with Crippen molar-refractivity contribution in [2.75, 3.05) is 13.1 Å². The molecule has 128 valence electrons. The smallest absolute Gasteiger partial charge is 0.256 e. The zero-order valence-electron chi connectivity index (χ0n) is 13.9. The quantitative estimate of drug-likeness (QED) is 0.731. The maximum Gasteiger partial charge on any atom is 0.256 e. The van der Waals surface area contributed by atoms with Crippen molar-refractivity contribution in [1.29, 1.82) is 0 Å². The molecule has 1 amide bonds. The third-order valence-electron chi connectivity index (χ3n) is 4.63. The van der Waals surface area contributed by atoms with Crippen molar-refractivity contribution in [2.45, 2.75) is 19.4 Å². The topological polar surface area (TPSA) is 68.8 Å². The van der Waals surface area contributed by atoms with Gasteiger partial charge in [0.15, 0.2) is 0 Å². The minimum atomic E-state index is 0.0569. The normalized spacial score (nSPS) is 17.6. The summed E-state index contributed by atoms with van der Waals surface area (Å²) < 4.78 is 3.72. The first-order valence-electron chi connectivity index (χ1n) is 8.50. The van der Waals surface area contributed by atoms with Gasteiger partial charge in [0.1, 0.15) is 12.7 Å². The molecule has 1 saturated heterocycles. The number of para-hydroxylation sites is 1. The van der Waals surface area contributed by atoms with Gasteiger partial charge >= 0.3 is 0 Å². The Morgan fingerprint density at radius 3 is 2.92 bits per heavy atom. The number of hydrogen-bond acceptors (Lipinski definition) is 4. The Bertz CT molecular complexity index is 827. The summed E-state index contributed by atoms with van der Waals surface area (Å²) in [7, 11) is 0. The van der Waals surface area contributed by atoms with Crippen LogP contribution in [0.5, 0.6) is 0 Å². The van der Waals surface area contributed by atoms with Crippen molar-refractivity contribution in [1.82, 2.24) is 29.2 Å². The molecular formula is C18H20N6O. The first kappa shape index (κ1) is 15.6. The molecule has 1 aliphatic heterocycles. The number of carbonyl (C=O) groups excluding carboxylic acids is 1. The van der Waals surface area contributed by atoms with Crippen LogP contribution in [0.4, 0.5) is 0 Å². The molecule has 1 fully saturated rings. The highest BCUT2D eigenvalue weighted by Crippen LogP contribution is 2.22. The van der Waals surface area contributed by atoms with Gasteiger partial charge in [0.05, 0.1) is 17.6 Å². The average Bonchev–Trinajstić information content (AvgIpc) is 3.35. The Balaban J connectivity index is 1.53. The Hall–Kier alpha value is -2.96. The van der Waals surface area contributed by atoms with Gasteiger partial charge in [-0.2, -0.15) is 5.10 Å². The van der Waals surface area contributed by atoms with Gasteiger partial charge in [-0.15, -0.1) is 0 Å². The number of carbonyl (C=O) groups is 1. The molecule has 0 bridgehead atoms. The number of imidazole rings is 1. The lowest BCUT2D eigenvalue weighted by atomic mass is 9.97. The summed E-state index contributed by atoms with van der Waals surface area (Å²) in [6, 6.07) is 7.56. The molecular weight excluding hydrogens is 316 g/mol. The first-order chi connectivity index (χ1) is 12.3. The van der Waals surface area contributed by atoms with E-state index in [1.807, 2.05) is 41.7 Å². The molecule has 2 aromatic heterocycles. The fourth-order valence-electron chi connectivity index (χ4n) is 3.45. The number of nitrogens with zero attached hydrogens (tertiary/aromatic N) is 6. The third-order valence-corrected chi connectivity index (χ3v) is 4.63. The first-order valence-corrected chi connectivity index (χ1v) is 8.50. The van der Waals surface area contributed by atoms with Gasteiger partial charge in [0.25, 0.3) is 5.91 Å². The Kier molecular flexibility index (Phi) is 4.28. The second-order valence-corrected chi connectivity index (χ2v) is 6.38. The van der Waals surface area contributed by atoms with E-state index in [0.717, 1.165) is 38.2 Å². The van der Waals surface area contributed by atoms with E-state index in [1.54, 1.807) is 17.2 Å². The number of likely N-dealkylation sites (tertiary alicyclic amines) is 1. The van der Waals surface area contributed by atoms with Crippen LogP contribution in [-0.4, -0.2) is 48.2 Å². The maximum atomic E-state index is 13.1. The van der Waals surface area contributed by atoms with Crippen LogP contribution >= 0.6 is 0 Å². The summed E-state index contributed by atoms with van der Waals surface area (Å²) in [6.07, 6.45) is 10.8. The molecule has 0 spiro atoms. The van der Waals surface area contributed by atoms with Gasteiger partial charge < -0.3 is 9.47 Å². The highest BCUT2D eigenvalue weighted by atomic mass is 16.2. The Morgan fingerprint density at radius 1 is 1.20 bits per heavy atom. The second-order valence-electron chi connectivity index (χ2n) is 6.38. The summed E-state index contributed by atoms with van der Waals surface area (Å²) in [5.74, 6) is 0.506. The summed E-state index contributed by atoms with van der Waals surface area (Å²) in [6.45, 7) is 2.46. The summed E-state index contributed by atoms with van der Waals surface area (Å²) in [5, 5.41) is 4.16. The molecule has 4 rings (SSSR count). The summed E-state index contributed by atoms with van der Waals surface area (Å²) in [5.41, 5.74) is 1.43. The van der Waals surface area contributed by atoms with E-state index in [1.165, 1.54) is 6.33 Å². The Morgan fingerprint density at radius 2 is 2.12 bits per heavy atom. The molecule has 0 aliphatic carbocycles. The van der Waals surface area contributed by atoms with Crippen molar-refractivity contribution >= 4 is 5.91 Å². The molecule has 3 aromatic rings. The molecule has 0 unspecified atom stereocenters. The van der Waals surface area contributed by atoms with Crippen molar-refractivity contribution in [2.24, 2.45) is 5.92 Å². The minimum absolute atomic E-state index is 0.0569. The number of amides is 1. The predicted octanol–water partition coefficient (Wildman–Crippen LogP) is 2.02. The maximum absolute atomic E-state index is 13.1. The van der Waals surface area contributed by atoms with Crippen molar-refractivity contribution in [3.8, 4) is 5.69 Å². The van der Waals surface area contributed by atoms with Crippen LogP contribution in [-0.2, 0) is 6.54 Å². The van der Waals surface area contributed by atoms with Gasteiger partial charge in [-0.3, -0.25) is 4.79 Å². The average molecular weight is 336 g/mol. The summed E-state index contributed by atoms with van der Waals surface area (Å²) >= 11 is 0. The number of rotatable bonds is 4. The second kappa shape index (κ2) is 6.88. The van der Waals surface area contributed by atoms with Crippen molar-refractivity contribution in [3.05, 3.63) is 61.2 Å². The fraction of sp³-hybridized carbons (Fsp3) is 0.333. The molecule has 7 heteroatoms. The van der Waals surface area contributed by atoms with Gasteiger partial charge in [-0.05, 0) is 30.9 Å². The van der Waals surface area contributed by atoms with Crippen LogP contribution in [0.1, 0.15) is 23.2 Å². The van der Waals surface area contributed by atoms with E-state index in [9.17, 15) is 4.79 Å². The number of piperidine rings is 1. The molecule has 7 nitrogen and oxygen atoms in total. The van der Waals surface area contributed by atoms with Gasteiger partial charge in [0, 0.05) is 32.0 Å². The van der Waals surface area contributed by atoms with Crippen molar-refractivity contribution < 1.29 is 4.79 Å². The van der Waals surface area contributed by atoms with Gasteiger partial charge in [-0.25, -0.2) is 14.6 Å². The molecule has 1 aromatic carbocycles. The summed E-state index contributed by atoms with van der Waals surface area (Å²) in [4.78, 5) is 23.1. The fourth-order valence-corrected chi connectivity index (χ4v) is 3.45. The molecule has 1 aliphatic rings. The zero-order valence-corrected chi connectivity index (χ0v) is 13.9. The number of aromatic nitrogens is 5. The van der Waals surface area contributed by atoms with E-state index in [-0.39, 0.29) is 5.91 Å².